The van der Waals surface area contributed by atoms with Gasteiger partial charge in [0.25, 0.3) is 0 Å². The lowest BCUT2D eigenvalue weighted by Crippen LogP contribution is -2.43. The highest BCUT2D eigenvalue weighted by Gasteiger charge is 2.27. The monoisotopic (exact) mass is 364 g/mol. The van der Waals surface area contributed by atoms with E-state index in [9.17, 15) is 4.79 Å². The smallest absolute Gasteiger partial charge is 0.410 e. The van der Waals surface area contributed by atoms with Crippen molar-refractivity contribution in [2.24, 2.45) is 10.9 Å². The van der Waals surface area contributed by atoms with Crippen molar-refractivity contribution in [1.29, 1.82) is 0 Å². The Morgan fingerprint density at radius 2 is 2.04 bits per heavy atom. The van der Waals surface area contributed by atoms with Crippen LogP contribution in [0.15, 0.2) is 17.1 Å². The molecule has 1 saturated heterocycles. The SMILES string of the molecule is CCNC(=NCCC1CCCN(C(=O)OC(C)(C)C)C1)NC1CC=CC1. The van der Waals surface area contributed by atoms with E-state index in [1.165, 1.54) is 0 Å². The van der Waals surface area contributed by atoms with Crippen molar-refractivity contribution in [3.8, 4) is 0 Å². The molecule has 0 aromatic heterocycles. The molecule has 26 heavy (non-hydrogen) atoms. The molecule has 1 heterocycles. The van der Waals surface area contributed by atoms with Crippen molar-refractivity contribution >= 4 is 12.1 Å². The predicted molar refractivity (Wildman–Crippen MR) is 106 cm³/mol. The topological polar surface area (TPSA) is 66.0 Å². The van der Waals surface area contributed by atoms with Crippen molar-refractivity contribution in [3.05, 3.63) is 12.2 Å². The summed E-state index contributed by atoms with van der Waals surface area (Å²) in [7, 11) is 0. The standard InChI is InChI=1S/C20H36N4O2/c1-5-21-18(23-17-10-6-7-11-17)22-13-12-16-9-8-14-24(15-16)19(25)26-20(2,3)4/h6-7,16-17H,5,8-15H2,1-4H3,(H2,21,22,23). The second-order valence-electron chi connectivity index (χ2n) is 8.27. The van der Waals surface area contributed by atoms with Crippen LogP contribution < -0.4 is 10.6 Å². The Kier molecular flexibility index (Phi) is 7.79. The first kappa shape index (κ1) is 20.6. The van der Waals surface area contributed by atoms with Gasteiger partial charge in [-0.2, -0.15) is 0 Å². The molecule has 6 heteroatoms. The van der Waals surface area contributed by atoms with Crippen LogP contribution in [-0.2, 0) is 4.74 Å². The first-order valence-corrected chi connectivity index (χ1v) is 10.0. The maximum Gasteiger partial charge on any atom is 0.410 e. The summed E-state index contributed by atoms with van der Waals surface area (Å²) in [5.41, 5.74) is -0.435. The van der Waals surface area contributed by atoms with Gasteiger partial charge in [0.15, 0.2) is 5.96 Å². The van der Waals surface area contributed by atoms with Crippen LogP contribution in [0.5, 0.6) is 0 Å². The van der Waals surface area contributed by atoms with E-state index in [2.05, 4.69) is 29.7 Å². The number of hydrogen-bond acceptors (Lipinski definition) is 3. The van der Waals surface area contributed by atoms with E-state index in [-0.39, 0.29) is 6.09 Å². The van der Waals surface area contributed by atoms with E-state index >= 15 is 0 Å². The molecule has 1 fully saturated rings. The summed E-state index contributed by atoms with van der Waals surface area (Å²) < 4.78 is 5.51. The van der Waals surface area contributed by atoms with Gasteiger partial charge in [0.1, 0.15) is 5.60 Å². The van der Waals surface area contributed by atoms with Gasteiger partial charge < -0.3 is 20.3 Å². The lowest BCUT2D eigenvalue weighted by Gasteiger charge is -2.34. The number of guanidine groups is 1. The molecule has 1 aliphatic heterocycles. The van der Waals surface area contributed by atoms with Gasteiger partial charge in [-0.1, -0.05) is 12.2 Å². The number of aliphatic imine (C=N–C) groups is 1. The van der Waals surface area contributed by atoms with Crippen molar-refractivity contribution in [3.63, 3.8) is 0 Å². The Labute approximate surface area is 158 Å². The maximum absolute atomic E-state index is 12.3. The van der Waals surface area contributed by atoms with E-state index in [1.54, 1.807) is 0 Å². The number of nitrogens with zero attached hydrogens (tertiary/aromatic N) is 2. The highest BCUT2D eigenvalue weighted by Crippen LogP contribution is 2.21. The van der Waals surface area contributed by atoms with Crippen LogP contribution >= 0.6 is 0 Å². The van der Waals surface area contributed by atoms with E-state index in [0.29, 0.717) is 12.0 Å². The number of nitrogens with one attached hydrogen (secondary N) is 2. The van der Waals surface area contributed by atoms with Gasteiger partial charge in [-0.3, -0.25) is 4.99 Å². The Balaban J connectivity index is 1.78. The second kappa shape index (κ2) is 9.83. The maximum atomic E-state index is 12.3. The van der Waals surface area contributed by atoms with Gasteiger partial charge in [-0.15, -0.1) is 0 Å². The van der Waals surface area contributed by atoms with Crippen molar-refractivity contribution < 1.29 is 9.53 Å². The summed E-state index contributed by atoms with van der Waals surface area (Å²) in [4.78, 5) is 18.9. The van der Waals surface area contributed by atoms with Crippen LogP contribution in [0, 0.1) is 5.92 Å². The second-order valence-corrected chi connectivity index (χ2v) is 8.27. The van der Waals surface area contributed by atoms with Gasteiger partial charge >= 0.3 is 6.09 Å². The van der Waals surface area contributed by atoms with Gasteiger partial charge in [-0.25, -0.2) is 4.79 Å². The lowest BCUT2D eigenvalue weighted by molar-refractivity contribution is 0.0163. The highest BCUT2D eigenvalue weighted by molar-refractivity contribution is 5.80. The van der Waals surface area contributed by atoms with Gasteiger partial charge in [0, 0.05) is 32.2 Å². The third kappa shape index (κ3) is 7.26. The zero-order valence-corrected chi connectivity index (χ0v) is 16.9. The first-order valence-electron chi connectivity index (χ1n) is 10.0. The Bertz CT molecular complexity index is 502. The van der Waals surface area contributed by atoms with E-state index < -0.39 is 5.60 Å². The molecule has 2 rings (SSSR count). The molecule has 2 N–H and O–H groups in total. The Morgan fingerprint density at radius 1 is 1.31 bits per heavy atom. The molecule has 0 bridgehead atoms. The van der Waals surface area contributed by atoms with Crippen molar-refractivity contribution in [2.45, 2.75) is 71.4 Å². The van der Waals surface area contributed by atoms with E-state index in [4.69, 9.17) is 9.73 Å². The summed E-state index contributed by atoms with van der Waals surface area (Å²) in [6, 6.07) is 0.463. The molecule has 0 spiro atoms. The normalized spacial score (nSPS) is 21.8. The van der Waals surface area contributed by atoms with Crippen molar-refractivity contribution in [1.82, 2.24) is 15.5 Å². The zero-order chi connectivity index (χ0) is 19.0. The summed E-state index contributed by atoms with van der Waals surface area (Å²) in [6.07, 6.45) is 9.58. The Hall–Kier alpha value is -1.72. The van der Waals surface area contributed by atoms with Gasteiger partial charge in [0.2, 0.25) is 0 Å². The highest BCUT2D eigenvalue weighted by atomic mass is 16.6. The van der Waals surface area contributed by atoms with Crippen molar-refractivity contribution in [2.75, 3.05) is 26.2 Å². The minimum atomic E-state index is -0.435. The summed E-state index contributed by atoms with van der Waals surface area (Å²) in [6.45, 7) is 11.0. The molecular formula is C20H36N4O2. The molecule has 0 saturated carbocycles. The number of amides is 1. The van der Waals surface area contributed by atoms with Crippen LogP contribution in [0.2, 0.25) is 0 Å². The number of rotatable bonds is 5. The van der Waals surface area contributed by atoms with Crippen LogP contribution in [0.4, 0.5) is 4.79 Å². The molecule has 6 nitrogen and oxygen atoms in total. The van der Waals surface area contributed by atoms with Crippen LogP contribution in [0.3, 0.4) is 0 Å². The third-order valence-electron chi connectivity index (χ3n) is 4.67. The zero-order valence-electron chi connectivity index (χ0n) is 16.9. The molecule has 2 aliphatic rings. The average Bonchev–Trinajstić information content (AvgIpc) is 3.07. The summed E-state index contributed by atoms with van der Waals surface area (Å²) >= 11 is 0. The van der Waals surface area contributed by atoms with Gasteiger partial charge in [0.05, 0.1) is 0 Å². The fraction of sp³-hybridized carbons (Fsp3) is 0.800. The number of ether oxygens (including phenoxy) is 1. The lowest BCUT2D eigenvalue weighted by atomic mass is 9.95. The minimum Gasteiger partial charge on any atom is -0.444 e. The Morgan fingerprint density at radius 3 is 2.69 bits per heavy atom. The average molecular weight is 365 g/mol. The first-order chi connectivity index (χ1) is 12.4. The summed E-state index contributed by atoms with van der Waals surface area (Å²) in [5.74, 6) is 1.40. The molecular weight excluding hydrogens is 328 g/mol. The molecule has 1 unspecified atom stereocenters. The number of carbonyl (C=O) groups is 1. The third-order valence-corrected chi connectivity index (χ3v) is 4.67. The fourth-order valence-corrected chi connectivity index (χ4v) is 3.40. The largest absolute Gasteiger partial charge is 0.444 e. The summed E-state index contributed by atoms with van der Waals surface area (Å²) in [5, 5.41) is 6.83. The molecule has 0 aromatic carbocycles. The molecule has 1 aliphatic carbocycles. The molecule has 148 valence electrons. The number of hydrogen-bond donors (Lipinski definition) is 2. The molecule has 0 radical (unpaired) electrons. The van der Waals surface area contributed by atoms with Crippen LogP contribution in [0.25, 0.3) is 0 Å². The molecule has 0 aromatic rings. The number of likely N-dealkylation sites (tertiary alicyclic amines) is 1. The molecule has 1 atom stereocenters. The van der Waals surface area contributed by atoms with E-state index in [0.717, 1.165) is 64.2 Å². The van der Waals surface area contributed by atoms with E-state index in [1.807, 2.05) is 25.7 Å². The number of piperidine rings is 1. The quantitative estimate of drug-likeness (QED) is 0.446. The predicted octanol–water partition coefficient (Wildman–Crippen LogP) is 3.30. The molecule has 1 amide bonds. The van der Waals surface area contributed by atoms with Gasteiger partial charge in [-0.05, 0) is 65.7 Å². The minimum absolute atomic E-state index is 0.186. The number of carbonyl (C=O) groups excluding carboxylic acids is 1. The van der Waals surface area contributed by atoms with Crippen LogP contribution in [0.1, 0.15) is 59.8 Å². The fourth-order valence-electron chi connectivity index (χ4n) is 3.40. The van der Waals surface area contributed by atoms with Crippen LogP contribution in [-0.4, -0.2) is 54.8 Å².